The number of hydrogen-bond acceptors (Lipinski definition) is 4. The van der Waals surface area contributed by atoms with Gasteiger partial charge in [0.1, 0.15) is 5.82 Å². The Morgan fingerprint density at radius 2 is 2.15 bits per heavy atom. The standard InChI is InChI=1S/C14H21FN2O3/c1-4-20-7-13(8(2)3)17-12-6-10(15)9(14(18)19)5-11(12)16/h5-6,8,13,17H,4,7,16H2,1-3H3,(H,18,19). The smallest absolute Gasteiger partial charge is 0.338 e. The number of hydrogen-bond donors (Lipinski definition) is 3. The predicted molar refractivity (Wildman–Crippen MR) is 76.5 cm³/mol. The molecule has 0 aromatic heterocycles. The molecular weight excluding hydrogens is 263 g/mol. The Balaban J connectivity index is 2.95. The monoisotopic (exact) mass is 284 g/mol. The largest absolute Gasteiger partial charge is 0.478 e. The van der Waals surface area contributed by atoms with Crippen molar-refractivity contribution < 1.29 is 19.0 Å². The van der Waals surface area contributed by atoms with Gasteiger partial charge in [0.2, 0.25) is 0 Å². The van der Waals surface area contributed by atoms with Crippen molar-refractivity contribution >= 4 is 17.3 Å². The van der Waals surface area contributed by atoms with Crippen molar-refractivity contribution in [2.24, 2.45) is 5.92 Å². The summed E-state index contributed by atoms with van der Waals surface area (Å²) in [5.74, 6) is -1.90. The Morgan fingerprint density at radius 1 is 1.50 bits per heavy atom. The van der Waals surface area contributed by atoms with Crippen LogP contribution < -0.4 is 11.1 Å². The van der Waals surface area contributed by atoms with Crippen molar-refractivity contribution in [1.29, 1.82) is 0 Å². The summed E-state index contributed by atoms with van der Waals surface area (Å²) in [5, 5.41) is 11.9. The number of ether oxygens (including phenoxy) is 1. The van der Waals surface area contributed by atoms with E-state index in [-0.39, 0.29) is 17.6 Å². The molecule has 0 heterocycles. The van der Waals surface area contributed by atoms with Crippen molar-refractivity contribution in [3.8, 4) is 0 Å². The fraction of sp³-hybridized carbons (Fsp3) is 0.500. The lowest BCUT2D eigenvalue weighted by Gasteiger charge is -2.24. The second-order valence-electron chi connectivity index (χ2n) is 4.88. The van der Waals surface area contributed by atoms with E-state index in [0.717, 1.165) is 12.1 Å². The number of nitrogens with two attached hydrogens (primary N) is 1. The molecular formula is C14H21FN2O3. The summed E-state index contributed by atoms with van der Waals surface area (Å²) >= 11 is 0. The molecule has 1 aromatic rings. The van der Waals surface area contributed by atoms with Crippen LogP contribution in [0.1, 0.15) is 31.1 Å². The van der Waals surface area contributed by atoms with Crippen molar-refractivity contribution in [3.05, 3.63) is 23.5 Å². The van der Waals surface area contributed by atoms with Crippen LogP contribution in [0.15, 0.2) is 12.1 Å². The lowest BCUT2D eigenvalue weighted by molar-refractivity contribution is 0.0692. The average molecular weight is 284 g/mol. The van der Waals surface area contributed by atoms with Gasteiger partial charge in [0, 0.05) is 6.61 Å². The van der Waals surface area contributed by atoms with Crippen LogP contribution in [0.2, 0.25) is 0 Å². The highest BCUT2D eigenvalue weighted by atomic mass is 19.1. The molecule has 112 valence electrons. The lowest BCUT2D eigenvalue weighted by atomic mass is 10.0. The third-order valence-electron chi connectivity index (χ3n) is 3.02. The first-order valence-corrected chi connectivity index (χ1v) is 6.53. The molecule has 0 bridgehead atoms. The zero-order valence-electron chi connectivity index (χ0n) is 11.9. The van der Waals surface area contributed by atoms with E-state index in [1.807, 2.05) is 20.8 Å². The molecule has 0 saturated carbocycles. The van der Waals surface area contributed by atoms with Crippen LogP contribution in [0.3, 0.4) is 0 Å². The molecule has 5 nitrogen and oxygen atoms in total. The number of anilines is 2. The molecule has 0 aliphatic carbocycles. The highest BCUT2D eigenvalue weighted by Gasteiger charge is 2.18. The third-order valence-corrected chi connectivity index (χ3v) is 3.02. The van der Waals surface area contributed by atoms with E-state index in [0.29, 0.717) is 18.9 Å². The highest BCUT2D eigenvalue weighted by Crippen LogP contribution is 2.25. The Kier molecular flexibility index (Phi) is 5.76. The Bertz CT molecular complexity index is 478. The number of aromatic carboxylic acids is 1. The summed E-state index contributed by atoms with van der Waals surface area (Å²) in [5.41, 5.74) is 5.92. The molecule has 0 aliphatic rings. The second kappa shape index (κ2) is 7.09. The van der Waals surface area contributed by atoms with Gasteiger partial charge in [0.15, 0.2) is 0 Å². The molecule has 6 heteroatoms. The second-order valence-corrected chi connectivity index (χ2v) is 4.88. The first-order chi connectivity index (χ1) is 9.36. The van der Waals surface area contributed by atoms with Gasteiger partial charge in [0.25, 0.3) is 0 Å². The van der Waals surface area contributed by atoms with Crippen LogP contribution in [0, 0.1) is 11.7 Å². The first kappa shape index (κ1) is 16.2. The molecule has 0 saturated heterocycles. The predicted octanol–water partition coefficient (Wildman–Crippen LogP) is 2.58. The maximum absolute atomic E-state index is 13.7. The minimum atomic E-state index is -1.34. The molecule has 20 heavy (non-hydrogen) atoms. The van der Waals surface area contributed by atoms with Crippen LogP contribution in [0.5, 0.6) is 0 Å². The van der Waals surface area contributed by atoms with Gasteiger partial charge in [0.05, 0.1) is 29.6 Å². The molecule has 0 aliphatic heterocycles. The van der Waals surface area contributed by atoms with Gasteiger partial charge in [-0.15, -0.1) is 0 Å². The van der Waals surface area contributed by atoms with Gasteiger partial charge in [-0.1, -0.05) is 13.8 Å². The molecule has 0 amide bonds. The maximum atomic E-state index is 13.7. The van der Waals surface area contributed by atoms with Crippen molar-refractivity contribution in [2.75, 3.05) is 24.3 Å². The van der Waals surface area contributed by atoms with Crippen LogP contribution in [-0.2, 0) is 4.74 Å². The molecule has 0 fully saturated rings. The summed E-state index contributed by atoms with van der Waals surface area (Å²) in [6, 6.07) is 2.20. The van der Waals surface area contributed by atoms with Crippen LogP contribution >= 0.6 is 0 Å². The van der Waals surface area contributed by atoms with Crippen LogP contribution in [-0.4, -0.2) is 30.3 Å². The number of carboxylic acid groups (broad SMARTS) is 1. The van der Waals surface area contributed by atoms with E-state index in [1.54, 1.807) is 0 Å². The molecule has 0 spiro atoms. The van der Waals surface area contributed by atoms with Gasteiger partial charge < -0.3 is 20.9 Å². The van der Waals surface area contributed by atoms with Crippen molar-refractivity contribution in [3.63, 3.8) is 0 Å². The summed E-state index contributed by atoms with van der Waals surface area (Å²) in [6.45, 7) is 6.97. The fourth-order valence-corrected chi connectivity index (χ4v) is 1.72. The lowest BCUT2D eigenvalue weighted by Crippen LogP contribution is -2.31. The van der Waals surface area contributed by atoms with Crippen LogP contribution in [0.4, 0.5) is 15.8 Å². The average Bonchev–Trinajstić information content (AvgIpc) is 2.37. The number of halogens is 1. The molecule has 4 N–H and O–H groups in total. The SMILES string of the molecule is CCOCC(Nc1cc(F)c(C(=O)O)cc1N)C(C)C. The Morgan fingerprint density at radius 3 is 2.65 bits per heavy atom. The molecule has 1 atom stereocenters. The van der Waals surface area contributed by atoms with Gasteiger partial charge >= 0.3 is 5.97 Å². The number of nitrogens with one attached hydrogen (secondary N) is 1. The fourth-order valence-electron chi connectivity index (χ4n) is 1.72. The van der Waals surface area contributed by atoms with Crippen molar-refractivity contribution in [2.45, 2.75) is 26.8 Å². The maximum Gasteiger partial charge on any atom is 0.338 e. The van der Waals surface area contributed by atoms with Gasteiger partial charge in [-0.2, -0.15) is 0 Å². The minimum absolute atomic E-state index is 0.0349. The van der Waals surface area contributed by atoms with Gasteiger partial charge in [-0.25, -0.2) is 9.18 Å². The number of rotatable bonds is 7. The zero-order valence-corrected chi connectivity index (χ0v) is 11.9. The van der Waals surface area contributed by atoms with E-state index in [1.165, 1.54) is 0 Å². The normalized spacial score (nSPS) is 12.4. The van der Waals surface area contributed by atoms with E-state index >= 15 is 0 Å². The molecule has 1 unspecified atom stereocenters. The Hall–Kier alpha value is -1.82. The highest BCUT2D eigenvalue weighted by molar-refractivity contribution is 5.90. The third kappa shape index (κ3) is 4.09. The quantitative estimate of drug-likeness (QED) is 0.670. The first-order valence-electron chi connectivity index (χ1n) is 6.53. The zero-order chi connectivity index (χ0) is 15.3. The minimum Gasteiger partial charge on any atom is -0.478 e. The summed E-state index contributed by atoms with van der Waals surface area (Å²) in [7, 11) is 0. The molecule has 1 rings (SSSR count). The van der Waals surface area contributed by atoms with E-state index in [9.17, 15) is 9.18 Å². The van der Waals surface area contributed by atoms with E-state index in [2.05, 4.69) is 5.32 Å². The number of carbonyl (C=O) groups is 1. The van der Waals surface area contributed by atoms with E-state index < -0.39 is 17.3 Å². The molecule has 1 aromatic carbocycles. The topological polar surface area (TPSA) is 84.6 Å². The summed E-state index contributed by atoms with van der Waals surface area (Å²) < 4.78 is 19.0. The summed E-state index contributed by atoms with van der Waals surface area (Å²) in [4.78, 5) is 10.8. The van der Waals surface area contributed by atoms with E-state index in [4.69, 9.17) is 15.6 Å². The van der Waals surface area contributed by atoms with Gasteiger partial charge in [-0.3, -0.25) is 0 Å². The van der Waals surface area contributed by atoms with Gasteiger partial charge in [-0.05, 0) is 25.0 Å². The Labute approximate surface area is 117 Å². The summed E-state index contributed by atoms with van der Waals surface area (Å²) in [6.07, 6.45) is 0. The van der Waals surface area contributed by atoms with Crippen molar-refractivity contribution in [1.82, 2.24) is 0 Å². The molecule has 0 radical (unpaired) electrons. The number of benzene rings is 1. The van der Waals surface area contributed by atoms with Crippen LogP contribution in [0.25, 0.3) is 0 Å². The number of carboxylic acids is 1. The number of nitrogen functional groups attached to an aromatic ring is 1.